The quantitative estimate of drug-likeness (QED) is 0.597. The number of hydrogen-bond donors (Lipinski definition) is 0. The van der Waals surface area contributed by atoms with E-state index in [4.69, 9.17) is 21.1 Å². The second-order valence-corrected chi connectivity index (χ2v) is 5.01. The van der Waals surface area contributed by atoms with Gasteiger partial charge in [0.05, 0.1) is 12.2 Å². The highest BCUT2D eigenvalue weighted by atomic mass is 35.5. The summed E-state index contributed by atoms with van der Waals surface area (Å²) in [7, 11) is 0. The lowest BCUT2D eigenvalue weighted by molar-refractivity contribution is -0.145. The molecule has 2 aromatic carbocycles. The number of rotatable bonds is 6. The third-order valence-electron chi connectivity index (χ3n) is 2.92. The second kappa shape index (κ2) is 7.74. The lowest BCUT2D eigenvalue weighted by atomic mass is 10.0. The van der Waals surface area contributed by atoms with Crippen LogP contribution in [-0.2, 0) is 9.53 Å². The average Bonchev–Trinajstić information content (AvgIpc) is 2.53. The van der Waals surface area contributed by atoms with Crippen LogP contribution in [0.5, 0.6) is 5.75 Å². The molecular formula is C17H14ClFO4. The summed E-state index contributed by atoms with van der Waals surface area (Å²) in [6, 6.07) is 9.72. The molecular weight excluding hydrogens is 323 g/mol. The Kier molecular flexibility index (Phi) is 5.71. The van der Waals surface area contributed by atoms with Crippen molar-refractivity contribution >= 4 is 23.4 Å². The Balaban J connectivity index is 2.28. The Hall–Kier alpha value is -2.40. The van der Waals surface area contributed by atoms with Crippen LogP contribution >= 0.6 is 11.6 Å². The summed E-state index contributed by atoms with van der Waals surface area (Å²) in [6.07, 6.45) is 0. The van der Waals surface area contributed by atoms with Gasteiger partial charge in [-0.15, -0.1) is 0 Å². The SMILES string of the molecule is CCOC(=O)COc1ccc(Cl)cc1C(=O)c1cccc(F)c1. The van der Waals surface area contributed by atoms with Crippen molar-refractivity contribution in [2.75, 3.05) is 13.2 Å². The molecule has 0 atom stereocenters. The summed E-state index contributed by atoms with van der Waals surface area (Å²) in [5.74, 6) is -1.35. The van der Waals surface area contributed by atoms with Gasteiger partial charge in [-0.3, -0.25) is 4.79 Å². The first-order valence-corrected chi connectivity index (χ1v) is 7.27. The maximum absolute atomic E-state index is 13.3. The summed E-state index contributed by atoms with van der Waals surface area (Å²) >= 11 is 5.92. The summed E-state index contributed by atoms with van der Waals surface area (Å²) in [5, 5.41) is 0.327. The number of halogens is 2. The second-order valence-electron chi connectivity index (χ2n) is 4.57. The van der Waals surface area contributed by atoms with Gasteiger partial charge in [-0.2, -0.15) is 0 Å². The van der Waals surface area contributed by atoms with Crippen molar-refractivity contribution in [3.8, 4) is 5.75 Å². The molecule has 0 N–H and O–H groups in total. The third-order valence-corrected chi connectivity index (χ3v) is 3.16. The lowest BCUT2D eigenvalue weighted by Gasteiger charge is -2.11. The van der Waals surface area contributed by atoms with Gasteiger partial charge in [0.2, 0.25) is 0 Å². The van der Waals surface area contributed by atoms with E-state index in [2.05, 4.69) is 0 Å². The number of carbonyl (C=O) groups excluding carboxylic acids is 2. The number of ketones is 1. The average molecular weight is 337 g/mol. The van der Waals surface area contributed by atoms with E-state index in [1.807, 2.05) is 0 Å². The largest absolute Gasteiger partial charge is 0.481 e. The highest BCUT2D eigenvalue weighted by molar-refractivity contribution is 6.31. The standard InChI is InChI=1S/C17H14ClFO4/c1-2-22-16(20)10-23-15-7-6-12(18)9-14(15)17(21)11-4-3-5-13(19)8-11/h3-9H,2,10H2,1H3. The minimum atomic E-state index is -0.549. The van der Waals surface area contributed by atoms with Gasteiger partial charge in [0.1, 0.15) is 11.6 Å². The Morgan fingerprint density at radius 2 is 1.96 bits per heavy atom. The van der Waals surface area contributed by atoms with Gasteiger partial charge in [0, 0.05) is 10.6 Å². The zero-order valence-corrected chi connectivity index (χ0v) is 13.1. The van der Waals surface area contributed by atoms with Crippen LogP contribution in [0.3, 0.4) is 0 Å². The molecule has 0 spiro atoms. The molecule has 0 aliphatic heterocycles. The Labute approximate surface area is 137 Å². The smallest absolute Gasteiger partial charge is 0.344 e. The molecule has 0 saturated carbocycles. The normalized spacial score (nSPS) is 10.2. The fourth-order valence-electron chi connectivity index (χ4n) is 1.93. The van der Waals surface area contributed by atoms with Gasteiger partial charge in [-0.1, -0.05) is 23.7 Å². The zero-order chi connectivity index (χ0) is 16.8. The monoisotopic (exact) mass is 336 g/mol. The molecule has 4 nitrogen and oxygen atoms in total. The predicted octanol–water partition coefficient (Wildman–Crippen LogP) is 3.65. The minimum absolute atomic E-state index is 0.146. The molecule has 0 amide bonds. The van der Waals surface area contributed by atoms with Crippen molar-refractivity contribution in [2.24, 2.45) is 0 Å². The van der Waals surface area contributed by atoms with Gasteiger partial charge in [-0.05, 0) is 37.3 Å². The molecule has 23 heavy (non-hydrogen) atoms. The van der Waals surface area contributed by atoms with Gasteiger partial charge >= 0.3 is 5.97 Å². The van der Waals surface area contributed by atoms with Crippen LogP contribution in [0.25, 0.3) is 0 Å². The molecule has 2 aromatic rings. The van der Waals surface area contributed by atoms with Gasteiger partial charge in [0.25, 0.3) is 0 Å². The van der Waals surface area contributed by atoms with E-state index < -0.39 is 17.6 Å². The van der Waals surface area contributed by atoms with E-state index >= 15 is 0 Å². The van der Waals surface area contributed by atoms with E-state index in [0.717, 1.165) is 6.07 Å². The molecule has 0 heterocycles. The van der Waals surface area contributed by atoms with Crippen LogP contribution < -0.4 is 4.74 Å². The van der Waals surface area contributed by atoms with Crippen LogP contribution in [0.4, 0.5) is 4.39 Å². The molecule has 6 heteroatoms. The highest BCUT2D eigenvalue weighted by Crippen LogP contribution is 2.26. The first-order chi connectivity index (χ1) is 11.0. The molecule has 0 unspecified atom stereocenters. The molecule has 0 fully saturated rings. The third kappa shape index (κ3) is 4.53. The molecule has 0 aromatic heterocycles. The van der Waals surface area contributed by atoms with E-state index in [1.165, 1.54) is 36.4 Å². The maximum Gasteiger partial charge on any atom is 0.344 e. The predicted molar refractivity (Wildman–Crippen MR) is 83.4 cm³/mol. The first kappa shape index (κ1) is 17.0. The molecule has 0 radical (unpaired) electrons. The van der Waals surface area contributed by atoms with Crippen molar-refractivity contribution in [1.82, 2.24) is 0 Å². The Morgan fingerprint density at radius 1 is 1.17 bits per heavy atom. The summed E-state index contributed by atoms with van der Waals surface area (Å²) < 4.78 is 23.4. The van der Waals surface area contributed by atoms with Crippen molar-refractivity contribution in [3.63, 3.8) is 0 Å². The number of hydrogen-bond acceptors (Lipinski definition) is 4. The first-order valence-electron chi connectivity index (χ1n) is 6.89. The number of benzene rings is 2. The maximum atomic E-state index is 13.3. The summed E-state index contributed by atoms with van der Waals surface area (Å²) in [6.45, 7) is 1.58. The summed E-state index contributed by atoms with van der Waals surface area (Å²) in [5.41, 5.74) is 0.306. The van der Waals surface area contributed by atoms with Gasteiger partial charge < -0.3 is 9.47 Å². The summed E-state index contributed by atoms with van der Waals surface area (Å²) in [4.78, 5) is 23.9. The van der Waals surface area contributed by atoms with Gasteiger partial charge in [-0.25, -0.2) is 9.18 Å². The molecule has 0 saturated heterocycles. The van der Waals surface area contributed by atoms with Crippen molar-refractivity contribution in [1.29, 1.82) is 0 Å². The molecule has 0 aliphatic carbocycles. The zero-order valence-electron chi connectivity index (χ0n) is 12.3. The van der Waals surface area contributed by atoms with E-state index in [0.29, 0.717) is 5.02 Å². The van der Waals surface area contributed by atoms with Crippen molar-refractivity contribution < 1.29 is 23.5 Å². The topological polar surface area (TPSA) is 52.6 Å². The van der Waals surface area contributed by atoms with E-state index in [-0.39, 0.29) is 30.1 Å². The Bertz CT molecular complexity index is 730. The number of carbonyl (C=O) groups is 2. The molecule has 120 valence electrons. The van der Waals surface area contributed by atoms with Crippen LogP contribution in [0, 0.1) is 5.82 Å². The number of esters is 1. The fourth-order valence-corrected chi connectivity index (χ4v) is 2.10. The van der Waals surface area contributed by atoms with Crippen molar-refractivity contribution in [3.05, 3.63) is 64.4 Å². The molecule has 2 rings (SSSR count). The molecule has 0 aliphatic rings. The van der Waals surface area contributed by atoms with Crippen LogP contribution in [-0.4, -0.2) is 25.0 Å². The fraction of sp³-hybridized carbons (Fsp3) is 0.176. The van der Waals surface area contributed by atoms with Crippen molar-refractivity contribution in [2.45, 2.75) is 6.92 Å². The van der Waals surface area contributed by atoms with Crippen LogP contribution in [0.1, 0.15) is 22.8 Å². The Morgan fingerprint density at radius 3 is 2.65 bits per heavy atom. The molecule has 0 bridgehead atoms. The lowest BCUT2D eigenvalue weighted by Crippen LogP contribution is -2.16. The van der Waals surface area contributed by atoms with E-state index in [9.17, 15) is 14.0 Å². The van der Waals surface area contributed by atoms with Crippen LogP contribution in [0.15, 0.2) is 42.5 Å². The van der Waals surface area contributed by atoms with Crippen LogP contribution in [0.2, 0.25) is 5.02 Å². The van der Waals surface area contributed by atoms with E-state index in [1.54, 1.807) is 6.92 Å². The highest BCUT2D eigenvalue weighted by Gasteiger charge is 2.17. The van der Waals surface area contributed by atoms with Gasteiger partial charge in [0.15, 0.2) is 12.4 Å². The number of ether oxygens (including phenoxy) is 2. The minimum Gasteiger partial charge on any atom is -0.481 e.